The molecule has 0 spiro atoms. The van der Waals surface area contributed by atoms with E-state index in [2.05, 4.69) is 0 Å². The van der Waals surface area contributed by atoms with Crippen LogP contribution in [-0.4, -0.2) is 39.7 Å². The van der Waals surface area contributed by atoms with Gasteiger partial charge in [-0.3, -0.25) is 19.2 Å². The third-order valence-corrected chi connectivity index (χ3v) is 4.62. The zero-order chi connectivity index (χ0) is 20.3. The standard InChI is InChI=1S/C19H17ClN2O6/c20-12-3-5-13(6-4-12)22-17(24)10-15(19(22)27)21(11-14-2-1-9-28-14)16(23)7-8-18(25)26/h1-6,9,15H,7-8,10-11H2,(H,25,26)/t15-/m0/s1. The molecule has 0 radical (unpaired) electrons. The van der Waals surface area contributed by atoms with E-state index in [0.29, 0.717) is 16.5 Å². The van der Waals surface area contributed by atoms with Crippen molar-refractivity contribution in [1.29, 1.82) is 0 Å². The first-order chi connectivity index (χ1) is 13.4. The molecule has 8 nitrogen and oxygen atoms in total. The van der Waals surface area contributed by atoms with E-state index in [1.807, 2.05) is 0 Å². The number of carboxylic acid groups (broad SMARTS) is 1. The first-order valence-electron chi connectivity index (χ1n) is 8.53. The largest absolute Gasteiger partial charge is 0.481 e. The predicted octanol–water partition coefficient (Wildman–Crippen LogP) is 2.46. The first kappa shape index (κ1) is 19.6. The van der Waals surface area contributed by atoms with Crippen LogP contribution < -0.4 is 4.90 Å². The Morgan fingerprint density at radius 2 is 1.89 bits per heavy atom. The number of nitrogens with zero attached hydrogens (tertiary/aromatic N) is 2. The Morgan fingerprint density at radius 1 is 1.18 bits per heavy atom. The summed E-state index contributed by atoms with van der Waals surface area (Å²) in [6.45, 7) is -0.0381. The summed E-state index contributed by atoms with van der Waals surface area (Å²) in [7, 11) is 0. The van der Waals surface area contributed by atoms with Crippen molar-refractivity contribution >= 4 is 41.0 Å². The van der Waals surface area contributed by atoms with Crippen LogP contribution in [0.25, 0.3) is 0 Å². The third-order valence-electron chi connectivity index (χ3n) is 4.36. The molecule has 0 aliphatic carbocycles. The maximum absolute atomic E-state index is 12.9. The molecule has 1 saturated heterocycles. The van der Waals surface area contributed by atoms with Gasteiger partial charge < -0.3 is 14.4 Å². The summed E-state index contributed by atoms with van der Waals surface area (Å²) in [6.07, 6.45) is 0.579. The van der Waals surface area contributed by atoms with Gasteiger partial charge >= 0.3 is 5.97 Å². The molecule has 2 heterocycles. The summed E-state index contributed by atoms with van der Waals surface area (Å²) in [4.78, 5) is 51.1. The molecular formula is C19H17ClN2O6. The Labute approximate surface area is 165 Å². The molecule has 9 heteroatoms. The molecule has 1 aliphatic heterocycles. The number of imide groups is 1. The van der Waals surface area contributed by atoms with Crippen LogP contribution in [-0.2, 0) is 25.7 Å². The van der Waals surface area contributed by atoms with Crippen LogP contribution in [0, 0.1) is 0 Å². The lowest BCUT2D eigenvalue weighted by Crippen LogP contribution is -2.45. The van der Waals surface area contributed by atoms with Crippen molar-refractivity contribution in [2.45, 2.75) is 31.8 Å². The second kappa shape index (κ2) is 8.26. The monoisotopic (exact) mass is 404 g/mol. The van der Waals surface area contributed by atoms with E-state index in [1.165, 1.54) is 11.2 Å². The van der Waals surface area contributed by atoms with Gasteiger partial charge in [-0.1, -0.05) is 11.6 Å². The summed E-state index contributed by atoms with van der Waals surface area (Å²) < 4.78 is 5.25. The number of benzene rings is 1. The minimum Gasteiger partial charge on any atom is -0.481 e. The van der Waals surface area contributed by atoms with E-state index >= 15 is 0 Å². The molecule has 0 saturated carbocycles. The highest BCUT2D eigenvalue weighted by Crippen LogP contribution is 2.28. The van der Waals surface area contributed by atoms with Gasteiger partial charge in [-0.05, 0) is 36.4 Å². The summed E-state index contributed by atoms with van der Waals surface area (Å²) in [5.41, 5.74) is 0.359. The van der Waals surface area contributed by atoms with Crippen molar-refractivity contribution in [1.82, 2.24) is 4.90 Å². The molecule has 1 aliphatic rings. The van der Waals surface area contributed by atoms with E-state index in [4.69, 9.17) is 21.1 Å². The maximum Gasteiger partial charge on any atom is 0.303 e. The second-order valence-corrected chi connectivity index (χ2v) is 6.69. The van der Waals surface area contributed by atoms with Gasteiger partial charge in [0.25, 0.3) is 5.91 Å². The van der Waals surface area contributed by atoms with Crippen molar-refractivity contribution in [2.75, 3.05) is 4.90 Å². The maximum atomic E-state index is 12.9. The van der Waals surface area contributed by atoms with Gasteiger partial charge in [0.2, 0.25) is 11.8 Å². The van der Waals surface area contributed by atoms with Gasteiger partial charge in [0, 0.05) is 11.4 Å². The first-order valence-corrected chi connectivity index (χ1v) is 8.90. The lowest BCUT2D eigenvalue weighted by molar-refractivity contribution is -0.143. The van der Waals surface area contributed by atoms with Gasteiger partial charge in [0.05, 0.1) is 31.3 Å². The summed E-state index contributed by atoms with van der Waals surface area (Å²) >= 11 is 5.85. The van der Waals surface area contributed by atoms with E-state index in [9.17, 15) is 19.2 Å². The normalized spacial score (nSPS) is 16.5. The number of carbonyl (C=O) groups excluding carboxylic acids is 3. The SMILES string of the molecule is O=C(O)CCC(=O)N(Cc1ccco1)[C@H]1CC(=O)N(c2ccc(Cl)cc2)C1=O. The number of rotatable bonds is 7. The van der Waals surface area contributed by atoms with Crippen LogP contribution in [0.4, 0.5) is 5.69 Å². The number of hydrogen-bond acceptors (Lipinski definition) is 5. The molecule has 1 aromatic carbocycles. The Hall–Kier alpha value is -3.13. The molecule has 1 atom stereocenters. The Bertz CT molecular complexity index is 894. The Morgan fingerprint density at radius 3 is 2.50 bits per heavy atom. The van der Waals surface area contributed by atoms with Crippen molar-refractivity contribution in [3.63, 3.8) is 0 Å². The summed E-state index contributed by atoms with van der Waals surface area (Å²) in [5, 5.41) is 9.30. The van der Waals surface area contributed by atoms with E-state index < -0.39 is 29.7 Å². The molecule has 1 N–H and O–H groups in total. The van der Waals surface area contributed by atoms with Crippen LogP contribution in [0.5, 0.6) is 0 Å². The summed E-state index contributed by atoms with van der Waals surface area (Å²) in [6, 6.07) is 8.45. The average molecular weight is 405 g/mol. The molecule has 0 bridgehead atoms. The van der Waals surface area contributed by atoms with Gasteiger partial charge in [-0.2, -0.15) is 0 Å². The van der Waals surface area contributed by atoms with E-state index in [1.54, 1.807) is 36.4 Å². The van der Waals surface area contributed by atoms with Gasteiger partial charge in [-0.25, -0.2) is 4.90 Å². The van der Waals surface area contributed by atoms with Crippen LogP contribution >= 0.6 is 11.6 Å². The minimum atomic E-state index is -1.12. The molecule has 28 heavy (non-hydrogen) atoms. The van der Waals surface area contributed by atoms with E-state index in [0.717, 1.165) is 4.90 Å². The number of carboxylic acids is 1. The van der Waals surface area contributed by atoms with Crippen LogP contribution in [0.2, 0.25) is 5.02 Å². The molecule has 1 fully saturated rings. The molecule has 146 valence electrons. The average Bonchev–Trinajstić information content (AvgIpc) is 3.26. The second-order valence-electron chi connectivity index (χ2n) is 6.26. The quantitative estimate of drug-likeness (QED) is 0.710. The zero-order valence-electron chi connectivity index (χ0n) is 14.7. The highest BCUT2D eigenvalue weighted by atomic mass is 35.5. The molecule has 1 aromatic heterocycles. The van der Waals surface area contributed by atoms with Crippen molar-refractivity contribution in [3.05, 3.63) is 53.4 Å². The van der Waals surface area contributed by atoms with Crippen molar-refractivity contribution < 1.29 is 28.7 Å². The molecule has 0 unspecified atom stereocenters. The van der Waals surface area contributed by atoms with Gasteiger partial charge in [0.1, 0.15) is 11.8 Å². The van der Waals surface area contributed by atoms with E-state index in [-0.39, 0.29) is 25.8 Å². The van der Waals surface area contributed by atoms with Crippen LogP contribution in [0.1, 0.15) is 25.0 Å². The van der Waals surface area contributed by atoms with Crippen molar-refractivity contribution in [2.24, 2.45) is 0 Å². The molecule has 3 amide bonds. The number of furan rings is 1. The summed E-state index contributed by atoms with van der Waals surface area (Å²) in [5.74, 6) is -2.24. The highest BCUT2D eigenvalue weighted by molar-refractivity contribution is 6.30. The van der Waals surface area contributed by atoms with Crippen LogP contribution in [0.3, 0.4) is 0 Å². The molecule has 3 rings (SSSR count). The predicted molar refractivity (Wildman–Crippen MR) is 98.5 cm³/mol. The number of anilines is 1. The van der Waals surface area contributed by atoms with Gasteiger partial charge in [0.15, 0.2) is 0 Å². The number of carbonyl (C=O) groups is 4. The minimum absolute atomic E-state index is 0.0381. The van der Waals surface area contributed by atoms with Crippen molar-refractivity contribution in [3.8, 4) is 0 Å². The zero-order valence-corrected chi connectivity index (χ0v) is 15.5. The number of hydrogen-bond donors (Lipinski definition) is 1. The fourth-order valence-electron chi connectivity index (χ4n) is 3.02. The Kier molecular flexibility index (Phi) is 5.79. The number of aliphatic carboxylic acids is 1. The van der Waals surface area contributed by atoms with Crippen LogP contribution in [0.15, 0.2) is 47.1 Å². The van der Waals surface area contributed by atoms with Gasteiger partial charge in [-0.15, -0.1) is 0 Å². The smallest absolute Gasteiger partial charge is 0.303 e. The fraction of sp³-hybridized carbons (Fsp3) is 0.263. The lowest BCUT2D eigenvalue weighted by atomic mass is 10.1. The Balaban J connectivity index is 1.85. The molecular weight excluding hydrogens is 388 g/mol. The molecule has 2 aromatic rings. The fourth-order valence-corrected chi connectivity index (χ4v) is 3.15. The third kappa shape index (κ3) is 4.23. The topological polar surface area (TPSA) is 108 Å². The highest BCUT2D eigenvalue weighted by Gasteiger charge is 2.44. The number of amides is 3. The number of halogens is 1. The lowest BCUT2D eigenvalue weighted by Gasteiger charge is -2.26.